The molecule has 1 heterocycles. The summed E-state index contributed by atoms with van der Waals surface area (Å²) in [4.78, 5) is 28.9. The summed E-state index contributed by atoms with van der Waals surface area (Å²) >= 11 is 0. The summed E-state index contributed by atoms with van der Waals surface area (Å²) in [5, 5.41) is 5.63. The molecule has 0 spiro atoms. The van der Waals surface area contributed by atoms with E-state index in [-0.39, 0.29) is 11.8 Å². The first-order valence-electron chi connectivity index (χ1n) is 10.6. The Labute approximate surface area is 187 Å². The van der Waals surface area contributed by atoms with Crippen LogP contribution in [0.2, 0.25) is 0 Å². The van der Waals surface area contributed by atoms with Gasteiger partial charge in [-0.15, -0.1) is 0 Å². The van der Waals surface area contributed by atoms with E-state index in [9.17, 15) is 9.59 Å². The minimum Gasteiger partial charge on any atom is -0.490 e. The number of carbonyl (C=O) groups is 2. The van der Waals surface area contributed by atoms with Crippen LogP contribution in [-0.2, 0) is 0 Å². The Morgan fingerprint density at radius 1 is 0.781 bits per heavy atom. The third kappa shape index (κ3) is 6.31. The molecule has 0 atom stereocenters. The number of ether oxygens (including phenoxy) is 2. The minimum atomic E-state index is -0.312. The smallest absolute Gasteiger partial charge is 0.274 e. The number of benzene rings is 2. The summed E-state index contributed by atoms with van der Waals surface area (Å²) in [6, 6.07) is 17.1. The molecule has 3 aromatic rings. The van der Waals surface area contributed by atoms with E-state index >= 15 is 0 Å². The molecule has 2 aromatic carbocycles. The molecule has 0 radical (unpaired) electrons. The molecular weight excluding hydrogens is 406 g/mol. The number of hydrogen-bond acceptors (Lipinski definition) is 5. The van der Waals surface area contributed by atoms with E-state index in [4.69, 9.17) is 9.47 Å². The maximum absolute atomic E-state index is 12.7. The molecule has 7 heteroatoms. The van der Waals surface area contributed by atoms with Gasteiger partial charge in [-0.3, -0.25) is 14.6 Å². The molecule has 0 bridgehead atoms. The molecular formula is C25H27N3O4. The number of rotatable bonds is 10. The normalized spacial score (nSPS) is 10.3. The lowest BCUT2D eigenvalue weighted by Gasteiger charge is -2.14. The van der Waals surface area contributed by atoms with Crippen LogP contribution >= 0.6 is 0 Å². The van der Waals surface area contributed by atoms with Crippen LogP contribution in [-0.4, -0.2) is 30.0 Å². The second-order valence-corrected chi connectivity index (χ2v) is 7.06. The number of nitrogens with one attached hydrogen (secondary N) is 2. The van der Waals surface area contributed by atoms with Gasteiger partial charge < -0.3 is 20.1 Å². The van der Waals surface area contributed by atoms with Gasteiger partial charge in [-0.2, -0.15) is 0 Å². The van der Waals surface area contributed by atoms with Crippen LogP contribution in [0.15, 0.2) is 66.9 Å². The molecule has 166 valence electrons. The Kier molecular flexibility index (Phi) is 8.20. The Morgan fingerprint density at radius 3 is 2.09 bits per heavy atom. The van der Waals surface area contributed by atoms with Crippen LogP contribution in [0.4, 0.5) is 11.4 Å². The summed E-state index contributed by atoms with van der Waals surface area (Å²) in [6.07, 6.45) is 3.32. The van der Waals surface area contributed by atoms with Crippen molar-refractivity contribution in [2.75, 3.05) is 23.8 Å². The summed E-state index contributed by atoms with van der Waals surface area (Å²) in [5.74, 6) is 0.682. The van der Waals surface area contributed by atoms with E-state index in [1.807, 2.05) is 13.8 Å². The standard InChI is InChI=1S/C25H27N3O4/c1-3-15-31-22-13-12-20(17-23(22)32-16-4-2)28-24(29)18-8-10-19(11-9-18)27-25(30)21-7-5-6-14-26-21/h5-14,17H,3-4,15-16H2,1-2H3,(H,27,30)(H,28,29). The Balaban J connectivity index is 1.65. The van der Waals surface area contributed by atoms with Crippen molar-refractivity contribution >= 4 is 23.2 Å². The van der Waals surface area contributed by atoms with E-state index in [0.717, 1.165) is 12.8 Å². The fourth-order valence-corrected chi connectivity index (χ4v) is 2.84. The highest BCUT2D eigenvalue weighted by Gasteiger charge is 2.12. The van der Waals surface area contributed by atoms with Crippen LogP contribution in [0.1, 0.15) is 47.5 Å². The molecule has 2 N–H and O–H groups in total. The first-order valence-corrected chi connectivity index (χ1v) is 10.6. The quantitative estimate of drug-likeness (QED) is 0.461. The number of anilines is 2. The summed E-state index contributed by atoms with van der Waals surface area (Å²) in [5.41, 5.74) is 1.97. The summed E-state index contributed by atoms with van der Waals surface area (Å²) in [6.45, 7) is 5.22. The van der Waals surface area contributed by atoms with Crippen LogP contribution < -0.4 is 20.1 Å². The number of carbonyl (C=O) groups excluding carboxylic acids is 2. The molecule has 3 rings (SSSR count). The van der Waals surface area contributed by atoms with Gasteiger partial charge in [0.15, 0.2) is 11.5 Å². The van der Waals surface area contributed by atoms with Gasteiger partial charge in [0.1, 0.15) is 5.69 Å². The molecule has 0 aliphatic carbocycles. The second-order valence-electron chi connectivity index (χ2n) is 7.06. The van der Waals surface area contributed by atoms with Crippen LogP contribution in [0.5, 0.6) is 11.5 Å². The number of amides is 2. The minimum absolute atomic E-state index is 0.267. The van der Waals surface area contributed by atoms with Gasteiger partial charge in [-0.25, -0.2) is 0 Å². The van der Waals surface area contributed by atoms with E-state index in [1.54, 1.807) is 66.9 Å². The lowest BCUT2D eigenvalue weighted by molar-refractivity contribution is 0.101. The van der Waals surface area contributed by atoms with Gasteiger partial charge >= 0.3 is 0 Å². The molecule has 0 unspecified atom stereocenters. The number of hydrogen-bond donors (Lipinski definition) is 2. The fourth-order valence-electron chi connectivity index (χ4n) is 2.84. The monoisotopic (exact) mass is 433 g/mol. The fraction of sp³-hybridized carbons (Fsp3) is 0.240. The molecule has 0 saturated heterocycles. The van der Waals surface area contributed by atoms with Gasteiger partial charge in [0, 0.05) is 29.2 Å². The van der Waals surface area contributed by atoms with Crippen LogP contribution in [0, 0.1) is 0 Å². The topological polar surface area (TPSA) is 89.6 Å². The van der Waals surface area contributed by atoms with Crippen molar-refractivity contribution in [2.24, 2.45) is 0 Å². The van der Waals surface area contributed by atoms with Crippen molar-refractivity contribution in [1.29, 1.82) is 0 Å². The third-order valence-corrected chi connectivity index (χ3v) is 4.43. The predicted octanol–water partition coefficient (Wildman–Crippen LogP) is 5.16. The van der Waals surface area contributed by atoms with E-state index < -0.39 is 0 Å². The van der Waals surface area contributed by atoms with E-state index in [2.05, 4.69) is 15.6 Å². The zero-order valence-electron chi connectivity index (χ0n) is 18.3. The van der Waals surface area contributed by atoms with Crippen LogP contribution in [0.25, 0.3) is 0 Å². The summed E-state index contributed by atoms with van der Waals surface area (Å²) in [7, 11) is 0. The van der Waals surface area contributed by atoms with Crippen molar-refractivity contribution in [2.45, 2.75) is 26.7 Å². The highest BCUT2D eigenvalue weighted by atomic mass is 16.5. The Bertz CT molecular complexity index is 1040. The zero-order valence-corrected chi connectivity index (χ0v) is 18.3. The van der Waals surface area contributed by atoms with Crippen molar-refractivity contribution < 1.29 is 19.1 Å². The van der Waals surface area contributed by atoms with Crippen molar-refractivity contribution in [3.05, 3.63) is 78.1 Å². The van der Waals surface area contributed by atoms with Gasteiger partial charge in [0.2, 0.25) is 0 Å². The molecule has 0 saturated carbocycles. The van der Waals surface area contributed by atoms with Gasteiger partial charge in [-0.1, -0.05) is 19.9 Å². The molecule has 32 heavy (non-hydrogen) atoms. The predicted molar refractivity (Wildman–Crippen MR) is 125 cm³/mol. The molecule has 0 aliphatic heterocycles. The second kappa shape index (κ2) is 11.5. The maximum atomic E-state index is 12.7. The first kappa shape index (κ1) is 22.8. The zero-order chi connectivity index (χ0) is 22.8. The molecule has 1 aromatic heterocycles. The SMILES string of the molecule is CCCOc1ccc(NC(=O)c2ccc(NC(=O)c3ccccn3)cc2)cc1OCCC. The van der Waals surface area contributed by atoms with E-state index in [1.165, 1.54) is 0 Å². The van der Waals surface area contributed by atoms with Gasteiger partial charge in [-0.05, 0) is 61.4 Å². The van der Waals surface area contributed by atoms with Gasteiger partial charge in [0.05, 0.1) is 13.2 Å². The average molecular weight is 434 g/mol. The van der Waals surface area contributed by atoms with Crippen LogP contribution in [0.3, 0.4) is 0 Å². The van der Waals surface area contributed by atoms with Gasteiger partial charge in [0.25, 0.3) is 11.8 Å². The lowest BCUT2D eigenvalue weighted by atomic mass is 10.1. The molecule has 7 nitrogen and oxygen atoms in total. The molecule has 0 fully saturated rings. The van der Waals surface area contributed by atoms with Crippen molar-refractivity contribution in [3.8, 4) is 11.5 Å². The largest absolute Gasteiger partial charge is 0.490 e. The number of nitrogens with zero attached hydrogens (tertiary/aromatic N) is 1. The third-order valence-electron chi connectivity index (χ3n) is 4.43. The maximum Gasteiger partial charge on any atom is 0.274 e. The van der Waals surface area contributed by atoms with E-state index in [0.29, 0.717) is 47.3 Å². The summed E-state index contributed by atoms with van der Waals surface area (Å²) < 4.78 is 11.5. The first-order chi connectivity index (χ1) is 15.6. The average Bonchev–Trinajstić information content (AvgIpc) is 2.83. The van der Waals surface area contributed by atoms with Crippen molar-refractivity contribution in [1.82, 2.24) is 4.98 Å². The highest BCUT2D eigenvalue weighted by molar-refractivity contribution is 6.05. The lowest BCUT2D eigenvalue weighted by Crippen LogP contribution is -2.14. The number of pyridine rings is 1. The Hall–Kier alpha value is -3.87. The highest BCUT2D eigenvalue weighted by Crippen LogP contribution is 2.31. The molecule has 0 aliphatic rings. The Morgan fingerprint density at radius 2 is 1.44 bits per heavy atom. The molecule has 2 amide bonds. The van der Waals surface area contributed by atoms with Crippen molar-refractivity contribution in [3.63, 3.8) is 0 Å². The number of aromatic nitrogens is 1.